The van der Waals surface area contributed by atoms with Crippen molar-refractivity contribution in [2.24, 2.45) is 11.8 Å². The fraction of sp³-hybridized carbons (Fsp3) is 0.647. The van der Waals surface area contributed by atoms with Gasteiger partial charge in [0.1, 0.15) is 0 Å². The number of nitrogens with zero attached hydrogens (tertiary/aromatic N) is 1. The minimum atomic E-state index is 0.553. The van der Waals surface area contributed by atoms with Crippen molar-refractivity contribution < 1.29 is 0 Å². The fourth-order valence-corrected chi connectivity index (χ4v) is 3.59. The SMILES string of the molecule is CC(C)NCc1ccc(N2CC3CCCC3C2)cc1. The Hall–Kier alpha value is -1.02. The summed E-state index contributed by atoms with van der Waals surface area (Å²) in [7, 11) is 0. The smallest absolute Gasteiger partial charge is 0.0366 e. The van der Waals surface area contributed by atoms with Crippen LogP contribution < -0.4 is 10.2 Å². The lowest BCUT2D eigenvalue weighted by molar-refractivity contribution is 0.494. The van der Waals surface area contributed by atoms with Gasteiger partial charge in [0.15, 0.2) is 0 Å². The maximum Gasteiger partial charge on any atom is 0.0366 e. The largest absolute Gasteiger partial charge is 0.371 e. The van der Waals surface area contributed by atoms with Gasteiger partial charge in [0, 0.05) is 31.4 Å². The number of nitrogens with one attached hydrogen (secondary N) is 1. The van der Waals surface area contributed by atoms with Gasteiger partial charge >= 0.3 is 0 Å². The van der Waals surface area contributed by atoms with Gasteiger partial charge in [-0.2, -0.15) is 0 Å². The van der Waals surface area contributed by atoms with Crippen molar-refractivity contribution in [1.82, 2.24) is 5.32 Å². The summed E-state index contributed by atoms with van der Waals surface area (Å²) in [5.74, 6) is 1.95. The van der Waals surface area contributed by atoms with E-state index in [2.05, 4.69) is 48.3 Å². The lowest BCUT2D eigenvalue weighted by atomic mass is 10.0. The molecule has 1 saturated heterocycles. The van der Waals surface area contributed by atoms with Gasteiger partial charge in [-0.3, -0.25) is 0 Å². The van der Waals surface area contributed by atoms with Crippen LogP contribution in [0.1, 0.15) is 38.7 Å². The first-order chi connectivity index (χ1) is 9.22. The van der Waals surface area contributed by atoms with E-state index in [1.807, 2.05) is 0 Å². The zero-order valence-electron chi connectivity index (χ0n) is 12.2. The van der Waals surface area contributed by atoms with Gasteiger partial charge in [0.2, 0.25) is 0 Å². The number of rotatable bonds is 4. The number of benzene rings is 1. The molecule has 0 radical (unpaired) electrons. The Bertz CT molecular complexity index is 398. The zero-order valence-corrected chi connectivity index (χ0v) is 12.2. The average Bonchev–Trinajstić information content (AvgIpc) is 2.97. The summed E-state index contributed by atoms with van der Waals surface area (Å²) in [6.45, 7) is 7.93. The molecule has 104 valence electrons. The second-order valence-electron chi connectivity index (χ2n) is 6.56. The van der Waals surface area contributed by atoms with Crippen LogP contribution >= 0.6 is 0 Å². The molecule has 1 aromatic carbocycles. The fourth-order valence-electron chi connectivity index (χ4n) is 3.59. The van der Waals surface area contributed by atoms with Crippen LogP contribution in [0.5, 0.6) is 0 Å². The van der Waals surface area contributed by atoms with Gasteiger partial charge in [0.05, 0.1) is 0 Å². The molecule has 0 amide bonds. The van der Waals surface area contributed by atoms with Gasteiger partial charge < -0.3 is 10.2 Å². The lowest BCUT2D eigenvalue weighted by Crippen LogP contribution is -2.22. The first-order valence-corrected chi connectivity index (χ1v) is 7.79. The van der Waals surface area contributed by atoms with Gasteiger partial charge in [-0.25, -0.2) is 0 Å². The first-order valence-electron chi connectivity index (χ1n) is 7.79. The third kappa shape index (κ3) is 2.94. The Labute approximate surface area is 117 Å². The molecule has 2 nitrogen and oxygen atoms in total. The Balaban J connectivity index is 1.60. The monoisotopic (exact) mass is 258 g/mol. The summed E-state index contributed by atoms with van der Waals surface area (Å²) in [6.07, 6.45) is 4.37. The minimum absolute atomic E-state index is 0.553. The van der Waals surface area contributed by atoms with Gasteiger partial charge in [0.25, 0.3) is 0 Å². The molecule has 0 spiro atoms. The zero-order chi connectivity index (χ0) is 13.2. The molecule has 1 aromatic rings. The molecule has 2 unspecified atom stereocenters. The maximum absolute atomic E-state index is 3.47. The van der Waals surface area contributed by atoms with Crippen LogP contribution in [0.25, 0.3) is 0 Å². The molecule has 0 aromatic heterocycles. The first kappa shape index (κ1) is 13.0. The van der Waals surface area contributed by atoms with E-state index in [1.54, 1.807) is 0 Å². The number of hydrogen-bond acceptors (Lipinski definition) is 2. The Morgan fingerprint density at radius 1 is 1.11 bits per heavy atom. The molecule has 2 aliphatic rings. The molecule has 1 heterocycles. The van der Waals surface area contributed by atoms with Crippen molar-refractivity contribution in [2.75, 3.05) is 18.0 Å². The van der Waals surface area contributed by atoms with Gasteiger partial charge in [-0.1, -0.05) is 32.4 Å². The lowest BCUT2D eigenvalue weighted by Gasteiger charge is -2.20. The van der Waals surface area contributed by atoms with E-state index in [9.17, 15) is 0 Å². The van der Waals surface area contributed by atoms with Crippen LogP contribution in [-0.2, 0) is 6.54 Å². The van der Waals surface area contributed by atoms with E-state index in [1.165, 1.54) is 43.6 Å². The maximum atomic E-state index is 3.47. The average molecular weight is 258 g/mol. The van der Waals surface area contributed by atoms with Crippen molar-refractivity contribution in [2.45, 2.75) is 45.7 Å². The highest BCUT2D eigenvalue weighted by Crippen LogP contribution is 2.39. The quantitative estimate of drug-likeness (QED) is 0.890. The summed E-state index contributed by atoms with van der Waals surface area (Å²) in [5.41, 5.74) is 2.81. The van der Waals surface area contributed by atoms with Crippen LogP contribution in [-0.4, -0.2) is 19.1 Å². The highest BCUT2D eigenvalue weighted by Gasteiger charge is 2.35. The Morgan fingerprint density at radius 2 is 1.74 bits per heavy atom. The molecule has 1 aliphatic heterocycles. The van der Waals surface area contributed by atoms with Crippen molar-refractivity contribution in [3.63, 3.8) is 0 Å². The molecule has 2 heteroatoms. The molecule has 1 aliphatic carbocycles. The minimum Gasteiger partial charge on any atom is -0.371 e. The summed E-state index contributed by atoms with van der Waals surface area (Å²) in [6, 6.07) is 9.71. The molecule has 3 rings (SSSR count). The summed E-state index contributed by atoms with van der Waals surface area (Å²) < 4.78 is 0. The van der Waals surface area contributed by atoms with E-state index < -0.39 is 0 Å². The van der Waals surface area contributed by atoms with Crippen molar-refractivity contribution in [3.8, 4) is 0 Å². The van der Waals surface area contributed by atoms with Gasteiger partial charge in [-0.05, 0) is 42.4 Å². The predicted molar refractivity (Wildman–Crippen MR) is 81.5 cm³/mol. The molecule has 2 atom stereocenters. The summed E-state index contributed by atoms with van der Waals surface area (Å²) in [4.78, 5) is 2.59. The predicted octanol–water partition coefficient (Wildman–Crippen LogP) is 3.42. The number of hydrogen-bond donors (Lipinski definition) is 1. The van der Waals surface area contributed by atoms with Gasteiger partial charge in [-0.15, -0.1) is 0 Å². The molecule has 0 bridgehead atoms. The summed E-state index contributed by atoms with van der Waals surface area (Å²) >= 11 is 0. The topological polar surface area (TPSA) is 15.3 Å². The Kier molecular flexibility index (Phi) is 3.79. The van der Waals surface area contributed by atoms with Crippen LogP contribution in [0, 0.1) is 11.8 Å². The Morgan fingerprint density at radius 3 is 2.32 bits per heavy atom. The van der Waals surface area contributed by atoms with E-state index in [0.717, 1.165) is 18.4 Å². The van der Waals surface area contributed by atoms with E-state index in [-0.39, 0.29) is 0 Å². The third-order valence-electron chi connectivity index (χ3n) is 4.74. The van der Waals surface area contributed by atoms with Crippen molar-refractivity contribution in [3.05, 3.63) is 29.8 Å². The highest BCUT2D eigenvalue weighted by atomic mass is 15.2. The second-order valence-corrected chi connectivity index (χ2v) is 6.56. The van der Waals surface area contributed by atoms with E-state index in [4.69, 9.17) is 0 Å². The molecule has 19 heavy (non-hydrogen) atoms. The molecule has 2 fully saturated rings. The highest BCUT2D eigenvalue weighted by molar-refractivity contribution is 5.49. The number of fused-ring (bicyclic) bond motifs is 1. The van der Waals surface area contributed by atoms with E-state index >= 15 is 0 Å². The third-order valence-corrected chi connectivity index (χ3v) is 4.74. The normalized spacial score (nSPS) is 26.2. The van der Waals surface area contributed by atoms with Crippen molar-refractivity contribution in [1.29, 1.82) is 0 Å². The standard InChI is InChI=1S/C17H26N2/c1-13(2)18-10-14-6-8-17(9-7-14)19-11-15-4-3-5-16(15)12-19/h6-9,13,15-16,18H,3-5,10-12H2,1-2H3. The van der Waals surface area contributed by atoms with E-state index in [0.29, 0.717) is 6.04 Å². The molecule has 1 saturated carbocycles. The molecular formula is C17H26N2. The van der Waals surface area contributed by atoms with Crippen molar-refractivity contribution >= 4 is 5.69 Å². The number of anilines is 1. The second kappa shape index (κ2) is 5.54. The van der Waals surface area contributed by atoms with Crippen LogP contribution in [0.4, 0.5) is 5.69 Å². The molecular weight excluding hydrogens is 232 g/mol. The van der Waals surface area contributed by atoms with Crippen LogP contribution in [0.3, 0.4) is 0 Å². The van der Waals surface area contributed by atoms with Crippen LogP contribution in [0.15, 0.2) is 24.3 Å². The molecule has 1 N–H and O–H groups in total. The van der Waals surface area contributed by atoms with Crippen LogP contribution in [0.2, 0.25) is 0 Å². The summed E-state index contributed by atoms with van der Waals surface area (Å²) in [5, 5.41) is 3.47.